The summed E-state index contributed by atoms with van der Waals surface area (Å²) in [5.41, 5.74) is -0.0104. The Morgan fingerprint density at radius 1 is 1.64 bits per heavy atom. The number of aliphatic hydroxyl groups excluding tert-OH is 1. The van der Waals surface area contributed by atoms with Crippen LogP contribution in [0.2, 0.25) is 0 Å². The van der Waals surface area contributed by atoms with Gasteiger partial charge in [0.25, 0.3) is 0 Å². The number of allylic oxidation sites excluding steroid dienone is 1. The smallest absolute Gasteiger partial charge is 0.108 e. The molecule has 1 aliphatic carbocycles. The van der Waals surface area contributed by atoms with Crippen molar-refractivity contribution in [2.24, 2.45) is 0 Å². The second-order valence-corrected chi connectivity index (χ2v) is 3.45. The maximum absolute atomic E-state index is 9.77. The summed E-state index contributed by atoms with van der Waals surface area (Å²) in [5.74, 6) is 0. The zero-order valence-electron chi connectivity index (χ0n) is 7.17. The van der Waals surface area contributed by atoms with Crippen molar-refractivity contribution in [2.75, 3.05) is 0 Å². The summed E-state index contributed by atoms with van der Waals surface area (Å²) in [5, 5.41) is 19.0. The molecular weight excluding hydrogens is 140 g/mol. The molecule has 0 bridgehead atoms. The van der Waals surface area contributed by atoms with Gasteiger partial charge < -0.3 is 10.2 Å². The molecule has 0 heterocycles. The minimum Gasteiger partial charge on any atom is -0.390 e. The van der Waals surface area contributed by atoms with Crippen molar-refractivity contribution < 1.29 is 10.2 Å². The SMILES string of the molecule is C[C@@H](O)[C@@](C)(O)C1=CCCC1. The van der Waals surface area contributed by atoms with Gasteiger partial charge in [0.15, 0.2) is 0 Å². The third-order valence-electron chi connectivity index (χ3n) is 2.50. The summed E-state index contributed by atoms with van der Waals surface area (Å²) in [4.78, 5) is 0. The Bertz CT molecular complexity index is 168. The molecule has 0 aliphatic heterocycles. The molecule has 0 fully saturated rings. The fourth-order valence-electron chi connectivity index (χ4n) is 1.40. The van der Waals surface area contributed by atoms with Gasteiger partial charge in [-0.3, -0.25) is 0 Å². The van der Waals surface area contributed by atoms with Crippen molar-refractivity contribution in [1.82, 2.24) is 0 Å². The second-order valence-electron chi connectivity index (χ2n) is 3.45. The monoisotopic (exact) mass is 156 g/mol. The van der Waals surface area contributed by atoms with Gasteiger partial charge in [-0.05, 0) is 38.7 Å². The summed E-state index contributed by atoms with van der Waals surface area (Å²) in [6.07, 6.45) is 4.44. The van der Waals surface area contributed by atoms with E-state index in [0.29, 0.717) is 0 Å². The highest BCUT2D eigenvalue weighted by molar-refractivity contribution is 5.20. The Balaban J connectivity index is 2.70. The van der Waals surface area contributed by atoms with Crippen LogP contribution in [0.25, 0.3) is 0 Å². The molecule has 64 valence electrons. The minimum absolute atomic E-state index is 0.674. The van der Waals surface area contributed by atoms with Gasteiger partial charge in [-0.1, -0.05) is 6.08 Å². The fourth-order valence-corrected chi connectivity index (χ4v) is 1.40. The van der Waals surface area contributed by atoms with Gasteiger partial charge in [-0.25, -0.2) is 0 Å². The molecule has 0 aromatic rings. The Morgan fingerprint density at radius 2 is 2.27 bits per heavy atom. The average molecular weight is 156 g/mol. The zero-order chi connectivity index (χ0) is 8.48. The van der Waals surface area contributed by atoms with Crippen LogP contribution in [0.5, 0.6) is 0 Å². The van der Waals surface area contributed by atoms with Crippen LogP contribution >= 0.6 is 0 Å². The lowest BCUT2D eigenvalue weighted by Gasteiger charge is -2.28. The predicted molar refractivity (Wildman–Crippen MR) is 44.2 cm³/mol. The maximum atomic E-state index is 9.77. The largest absolute Gasteiger partial charge is 0.390 e. The highest BCUT2D eigenvalue weighted by Gasteiger charge is 2.31. The molecule has 0 aromatic heterocycles. The molecule has 0 saturated heterocycles. The van der Waals surface area contributed by atoms with Crippen LogP contribution in [0.3, 0.4) is 0 Å². The van der Waals surface area contributed by atoms with E-state index in [1.165, 1.54) is 0 Å². The second kappa shape index (κ2) is 2.95. The molecule has 2 N–H and O–H groups in total. The lowest BCUT2D eigenvalue weighted by molar-refractivity contribution is -0.0254. The Morgan fingerprint density at radius 3 is 2.64 bits per heavy atom. The Hall–Kier alpha value is -0.340. The van der Waals surface area contributed by atoms with Crippen molar-refractivity contribution in [3.8, 4) is 0 Å². The normalized spacial score (nSPS) is 26.0. The summed E-state index contributed by atoms with van der Waals surface area (Å²) in [7, 11) is 0. The zero-order valence-corrected chi connectivity index (χ0v) is 7.17. The highest BCUT2D eigenvalue weighted by Crippen LogP contribution is 2.30. The molecule has 2 heteroatoms. The molecule has 0 saturated carbocycles. The van der Waals surface area contributed by atoms with Crippen molar-refractivity contribution in [1.29, 1.82) is 0 Å². The van der Waals surface area contributed by atoms with E-state index in [9.17, 15) is 10.2 Å². The quantitative estimate of drug-likeness (QED) is 0.590. The van der Waals surface area contributed by atoms with Crippen LogP contribution in [-0.2, 0) is 0 Å². The summed E-state index contributed by atoms with van der Waals surface area (Å²) < 4.78 is 0. The van der Waals surface area contributed by atoms with E-state index in [-0.39, 0.29) is 0 Å². The van der Waals surface area contributed by atoms with Gasteiger partial charge in [0, 0.05) is 0 Å². The topological polar surface area (TPSA) is 40.5 Å². The fraction of sp³-hybridized carbons (Fsp3) is 0.778. The lowest BCUT2D eigenvalue weighted by atomic mass is 9.90. The van der Waals surface area contributed by atoms with E-state index in [2.05, 4.69) is 0 Å². The summed E-state index contributed by atoms with van der Waals surface area (Å²) >= 11 is 0. The van der Waals surface area contributed by atoms with Crippen LogP contribution in [0.15, 0.2) is 11.6 Å². The van der Waals surface area contributed by atoms with Crippen molar-refractivity contribution in [3.05, 3.63) is 11.6 Å². The number of rotatable bonds is 2. The molecule has 1 aliphatic rings. The third-order valence-corrected chi connectivity index (χ3v) is 2.50. The van der Waals surface area contributed by atoms with E-state index in [1.807, 2.05) is 6.08 Å². The molecule has 0 spiro atoms. The van der Waals surface area contributed by atoms with E-state index >= 15 is 0 Å². The Kier molecular flexibility index (Phi) is 2.35. The maximum Gasteiger partial charge on any atom is 0.108 e. The van der Waals surface area contributed by atoms with Gasteiger partial charge in [0.05, 0.1) is 6.10 Å². The first-order chi connectivity index (χ1) is 5.05. The lowest BCUT2D eigenvalue weighted by Crippen LogP contribution is -2.38. The summed E-state index contributed by atoms with van der Waals surface area (Å²) in [6.45, 7) is 3.30. The molecule has 11 heavy (non-hydrogen) atoms. The van der Waals surface area contributed by atoms with Crippen molar-refractivity contribution in [3.63, 3.8) is 0 Å². The molecule has 0 unspecified atom stereocenters. The average Bonchev–Trinajstić information content (AvgIpc) is 2.37. The highest BCUT2D eigenvalue weighted by atomic mass is 16.3. The van der Waals surface area contributed by atoms with Crippen LogP contribution in [-0.4, -0.2) is 21.9 Å². The third kappa shape index (κ3) is 1.63. The number of hydrogen-bond acceptors (Lipinski definition) is 2. The first kappa shape index (κ1) is 8.75. The van der Waals surface area contributed by atoms with Crippen molar-refractivity contribution in [2.45, 2.75) is 44.8 Å². The molecule has 0 amide bonds. The van der Waals surface area contributed by atoms with E-state index in [1.54, 1.807) is 13.8 Å². The van der Waals surface area contributed by atoms with Gasteiger partial charge in [0.2, 0.25) is 0 Å². The molecular formula is C9H16O2. The predicted octanol–water partition coefficient (Wildman–Crippen LogP) is 1.23. The van der Waals surface area contributed by atoms with E-state index < -0.39 is 11.7 Å². The molecule has 0 aromatic carbocycles. The van der Waals surface area contributed by atoms with Gasteiger partial charge in [0.1, 0.15) is 5.60 Å². The molecule has 2 nitrogen and oxygen atoms in total. The first-order valence-electron chi connectivity index (χ1n) is 4.15. The molecule has 2 atom stereocenters. The molecule has 0 radical (unpaired) electrons. The minimum atomic E-state index is -1.00. The van der Waals surface area contributed by atoms with Crippen LogP contribution in [0.1, 0.15) is 33.1 Å². The van der Waals surface area contributed by atoms with E-state index in [0.717, 1.165) is 24.8 Å². The number of hydrogen-bond donors (Lipinski definition) is 2. The summed E-state index contributed by atoms with van der Waals surface area (Å²) in [6, 6.07) is 0. The van der Waals surface area contributed by atoms with Crippen LogP contribution in [0, 0.1) is 0 Å². The van der Waals surface area contributed by atoms with Crippen LogP contribution < -0.4 is 0 Å². The van der Waals surface area contributed by atoms with Crippen LogP contribution in [0.4, 0.5) is 0 Å². The van der Waals surface area contributed by atoms with Crippen molar-refractivity contribution >= 4 is 0 Å². The van der Waals surface area contributed by atoms with Gasteiger partial charge in [-0.2, -0.15) is 0 Å². The van der Waals surface area contributed by atoms with Gasteiger partial charge >= 0.3 is 0 Å². The Labute approximate surface area is 67.6 Å². The standard InChI is InChI=1S/C9H16O2/c1-7(10)9(2,11)8-5-3-4-6-8/h5,7,10-11H,3-4,6H2,1-2H3/t7-,9-/m1/s1. The van der Waals surface area contributed by atoms with Gasteiger partial charge in [-0.15, -0.1) is 0 Å². The first-order valence-corrected chi connectivity index (χ1v) is 4.15. The molecule has 1 rings (SSSR count). The van der Waals surface area contributed by atoms with E-state index in [4.69, 9.17) is 0 Å². The number of aliphatic hydroxyl groups is 2.